The van der Waals surface area contributed by atoms with Crippen LogP contribution in [0.25, 0.3) is 0 Å². The summed E-state index contributed by atoms with van der Waals surface area (Å²) >= 11 is 0. The van der Waals surface area contributed by atoms with E-state index in [9.17, 15) is 14.7 Å². The zero-order valence-electron chi connectivity index (χ0n) is 13.5. The first kappa shape index (κ1) is 16.2. The smallest absolute Gasteiger partial charge is 0.315 e. The average molecular weight is 328 g/mol. The van der Waals surface area contributed by atoms with Gasteiger partial charge in [-0.1, -0.05) is 42.4 Å². The summed E-state index contributed by atoms with van der Waals surface area (Å²) in [4.78, 5) is 24.2. The Kier molecular flexibility index (Phi) is 4.38. The fraction of sp³-hybridized carbons (Fsp3) is 0.389. The monoisotopic (exact) mass is 328 g/mol. The summed E-state index contributed by atoms with van der Waals surface area (Å²) in [5.74, 6) is -0.281. The Bertz CT molecular complexity index is 736. The summed E-state index contributed by atoms with van der Waals surface area (Å²) in [5.41, 5.74) is -0.306. The van der Waals surface area contributed by atoms with Crippen LogP contribution >= 0.6 is 0 Å². The number of carbonyl (C=O) groups excluding carboxylic acids is 1. The Hall–Kier alpha value is -2.63. The predicted octanol–water partition coefficient (Wildman–Crippen LogP) is 2.71. The highest BCUT2D eigenvalue weighted by Crippen LogP contribution is 2.40. The largest absolute Gasteiger partial charge is 0.481 e. The molecule has 0 radical (unpaired) electrons. The second-order valence-corrected chi connectivity index (χ2v) is 6.18. The number of carboxylic acids is 1. The Labute approximate surface area is 139 Å². The van der Waals surface area contributed by atoms with Crippen molar-refractivity contribution in [2.45, 2.75) is 37.5 Å². The molecule has 1 heterocycles. The molecule has 0 bridgehead atoms. The minimum atomic E-state index is -1.17. The minimum absolute atomic E-state index is 0.00664. The fourth-order valence-electron chi connectivity index (χ4n) is 2.82. The van der Waals surface area contributed by atoms with E-state index >= 15 is 0 Å². The van der Waals surface area contributed by atoms with Crippen LogP contribution in [-0.2, 0) is 10.2 Å². The third-order valence-electron chi connectivity index (χ3n) is 4.63. The van der Waals surface area contributed by atoms with Gasteiger partial charge in [0.1, 0.15) is 11.2 Å². The van der Waals surface area contributed by atoms with E-state index in [1.807, 2.05) is 6.07 Å². The molecule has 0 saturated heterocycles. The number of aliphatic carboxylic acids is 1. The molecule has 1 aliphatic carbocycles. The van der Waals surface area contributed by atoms with E-state index in [0.717, 1.165) is 18.6 Å². The summed E-state index contributed by atoms with van der Waals surface area (Å²) in [6, 6.07) is 10.6. The van der Waals surface area contributed by atoms with Crippen LogP contribution in [0.1, 0.15) is 53.9 Å². The van der Waals surface area contributed by atoms with Crippen LogP contribution in [0.15, 0.2) is 40.9 Å². The van der Waals surface area contributed by atoms with Crippen LogP contribution < -0.4 is 5.32 Å². The Morgan fingerprint density at radius 2 is 2.04 bits per heavy atom. The van der Waals surface area contributed by atoms with Crippen LogP contribution in [0.4, 0.5) is 0 Å². The van der Waals surface area contributed by atoms with Gasteiger partial charge in [0.05, 0.1) is 0 Å². The lowest BCUT2D eigenvalue weighted by molar-refractivity contribution is -0.143. The van der Waals surface area contributed by atoms with E-state index in [4.69, 9.17) is 4.52 Å². The van der Waals surface area contributed by atoms with Gasteiger partial charge >= 0.3 is 5.97 Å². The summed E-state index contributed by atoms with van der Waals surface area (Å²) in [7, 11) is 0. The molecule has 1 aliphatic rings. The van der Waals surface area contributed by atoms with Crippen molar-refractivity contribution in [2.24, 2.45) is 0 Å². The van der Waals surface area contributed by atoms with Gasteiger partial charge < -0.3 is 14.9 Å². The second-order valence-electron chi connectivity index (χ2n) is 6.18. The number of hydrogen-bond acceptors (Lipinski definition) is 4. The Morgan fingerprint density at radius 3 is 2.62 bits per heavy atom. The van der Waals surface area contributed by atoms with Gasteiger partial charge in [-0.2, -0.15) is 0 Å². The van der Waals surface area contributed by atoms with Crippen LogP contribution in [0.3, 0.4) is 0 Å². The van der Waals surface area contributed by atoms with Crippen LogP contribution in [0.2, 0.25) is 0 Å². The Balaban J connectivity index is 1.75. The molecule has 126 valence electrons. The molecule has 0 aliphatic heterocycles. The van der Waals surface area contributed by atoms with E-state index < -0.39 is 17.3 Å². The van der Waals surface area contributed by atoms with Gasteiger partial charge in [-0.15, -0.1) is 0 Å². The van der Waals surface area contributed by atoms with E-state index in [1.54, 1.807) is 37.3 Å². The average Bonchev–Trinajstić information content (AvgIpc) is 3.33. The SMILES string of the molecule is CCC(CNC(=O)c1cc(C2CC2)on1)(C(=O)O)c1ccccc1. The number of rotatable bonds is 7. The van der Waals surface area contributed by atoms with Crippen molar-refractivity contribution in [3.05, 3.63) is 53.4 Å². The third-order valence-corrected chi connectivity index (χ3v) is 4.63. The molecule has 2 aromatic rings. The molecule has 1 unspecified atom stereocenters. The van der Waals surface area contributed by atoms with Crippen molar-refractivity contribution >= 4 is 11.9 Å². The fourth-order valence-corrected chi connectivity index (χ4v) is 2.82. The van der Waals surface area contributed by atoms with Gasteiger partial charge in [0.2, 0.25) is 0 Å². The molecule has 1 amide bonds. The van der Waals surface area contributed by atoms with Gasteiger partial charge in [0, 0.05) is 18.5 Å². The lowest BCUT2D eigenvalue weighted by Crippen LogP contribution is -2.46. The summed E-state index contributed by atoms with van der Waals surface area (Å²) in [5, 5.41) is 16.2. The minimum Gasteiger partial charge on any atom is -0.481 e. The maximum atomic E-state index is 12.3. The zero-order valence-corrected chi connectivity index (χ0v) is 13.5. The first-order valence-electron chi connectivity index (χ1n) is 8.10. The molecule has 24 heavy (non-hydrogen) atoms. The molecule has 6 heteroatoms. The van der Waals surface area contributed by atoms with Gasteiger partial charge in [-0.25, -0.2) is 0 Å². The first-order chi connectivity index (χ1) is 11.6. The molecule has 1 fully saturated rings. The maximum Gasteiger partial charge on any atom is 0.315 e. The molecule has 6 nitrogen and oxygen atoms in total. The molecule has 3 rings (SSSR count). The predicted molar refractivity (Wildman–Crippen MR) is 86.9 cm³/mol. The maximum absolute atomic E-state index is 12.3. The number of nitrogens with zero attached hydrogens (tertiary/aromatic N) is 1. The standard InChI is InChI=1S/C18H20N2O4/c1-2-18(17(22)23,13-6-4-3-5-7-13)11-19-16(21)14-10-15(24-20-14)12-8-9-12/h3-7,10,12H,2,8-9,11H2,1H3,(H,19,21)(H,22,23). The Morgan fingerprint density at radius 1 is 1.33 bits per heavy atom. The third kappa shape index (κ3) is 3.04. The highest BCUT2D eigenvalue weighted by molar-refractivity contribution is 5.93. The molecule has 0 spiro atoms. The number of carbonyl (C=O) groups is 2. The number of carboxylic acid groups (broad SMARTS) is 1. The zero-order chi connectivity index (χ0) is 17.2. The summed E-state index contributed by atoms with van der Waals surface area (Å²) in [6.45, 7) is 1.79. The highest BCUT2D eigenvalue weighted by Gasteiger charge is 2.39. The van der Waals surface area contributed by atoms with Crippen LogP contribution in [0, 0.1) is 0 Å². The second kappa shape index (κ2) is 6.47. The van der Waals surface area contributed by atoms with Crippen molar-refractivity contribution in [3.63, 3.8) is 0 Å². The molecule has 1 atom stereocenters. The normalized spacial score (nSPS) is 16.4. The molecule has 1 saturated carbocycles. The van der Waals surface area contributed by atoms with Gasteiger partial charge in [-0.3, -0.25) is 9.59 Å². The van der Waals surface area contributed by atoms with Crippen molar-refractivity contribution < 1.29 is 19.2 Å². The van der Waals surface area contributed by atoms with Crippen molar-refractivity contribution in [3.8, 4) is 0 Å². The number of hydrogen-bond donors (Lipinski definition) is 2. The topological polar surface area (TPSA) is 92.4 Å². The van der Waals surface area contributed by atoms with Crippen molar-refractivity contribution in [1.82, 2.24) is 10.5 Å². The van der Waals surface area contributed by atoms with E-state index in [-0.39, 0.29) is 12.2 Å². The molecular formula is C18H20N2O4. The number of amides is 1. The highest BCUT2D eigenvalue weighted by atomic mass is 16.5. The summed E-state index contributed by atoms with van der Waals surface area (Å²) < 4.78 is 5.17. The molecule has 1 aromatic heterocycles. The quantitative estimate of drug-likeness (QED) is 0.815. The molecular weight excluding hydrogens is 308 g/mol. The number of nitrogens with one attached hydrogen (secondary N) is 1. The van der Waals surface area contributed by atoms with E-state index in [1.165, 1.54) is 0 Å². The van der Waals surface area contributed by atoms with Gasteiger partial charge in [-0.05, 0) is 24.8 Å². The van der Waals surface area contributed by atoms with Crippen molar-refractivity contribution in [2.75, 3.05) is 6.54 Å². The molecule has 2 N–H and O–H groups in total. The summed E-state index contributed by atoms with van der Waals surface area (Å²) in [6.07, 6.45) is 2.48. The number of aromatic nitrogens is 1. The lowest BCUT2D eigenvalue weighted by Gasteiger charge is -2.28. The molecule has 1 aromatic carbocycles. The van der Waals surface area contributed by atoms with Crippen molar-refractivity contribution in [1.29, 1.82) is 0 Å². The van der Waals surface area contributed by atoms with E-state index in [2.05, 4.69) is 10.5 Å². The lowest BCUT2D eigenvalue weighted by atomic mass is 9.78. The number of benzene rings is 1. The first-order valence-corrected chi connectivity index (χ1v) is 8.10. The van der Waals surface area contributed by atoms with Crippen LogP contribution in [-0.4, -0.2) is 28.7 Å². The van der Waals surface area contributed by atoms with E-state index in [0.29, 0.717) is 17.9 Å². The van der Waals surface area contributed by atoms with Crippen LogP contribution in [0.5, 0.6) is 0 Å². The van der Waals surface area contributed by atoms with Gasteiger partial charge in [0.25, 0.3) is 5.91 Å². The van der Waals surface area contributed by atoms with Gasteiger partial charge in [0.15, 0.2) is 5.69 Å².